The van der Waals surface area contributed by atoms with E-state index in [1.807, 2.05) is 6.92 Å². The van der Waals surface area contributed by atoms with E-state index in [1.165, 1.54) is 6.54 Å². The van der Waals surface area contributed by atoms with E-state index in [-0.39, 0.29) is 23.8 Å². The van der Waals surface area contributed by atoms with Crippen LogP contribution in [0.2, 0.25) is 0 Å². The molecule has 16 heavy (non-hydrogen) atoms. The number of fused-ring (bicyclic) bond motifs is 1. The molecule has 0 aromatic carbocycles. The molecule has 1 amide bonds. The van der Waals surface area contributed by atoms with E-state index in [4.69, 9.17) is 23.2 Å². The second-order valence-corrected chi connectivity index (χ2v) is 6.95. The van der Waals surface area contributed by atoms with Gasteiger partial charge in [0, 0.05) is 31.1 Å². The van der Waals surface area contributed by atoms with Crippen molar-refractivity contribution in [2.24, 2.45) is 11.8 Å². The third-order valence-electron chi connectivity index (χ3n) is 4.06. The molecular formula is C11H16Cl2N2O. The van der Waals surface area contributed by atoms with Gasteiger partial charge in [0.05, 0.1) is 5.92 Å². The van der Waals surface area contributed by atoms with Crippen LogP contribution in [0.1, 0.15) is 19.8 Å². The SMILES string of the molecule is C[C@H](NC(=O)C1CC2CN2C1)[C@@H]1CC1(Cl)Cl. The fourth-order valence-corrected chi connectivity index (χ4v) is 3.48. The Morgan fingerprint density at radius 2 is 2.19 bits per heavy atom. The van der Waals surface area contributed by atoms with E-state index < -0.39 is 4.33 Å². The van der Waals surface area contributed by atoms with Crippen molar-refractivity contribution in [3.8, 4) is 0 Å². The number of piperidine rings is 1. The van der Waals surface area contributed by atoms with Gasteiger partial charge in [0.15, 0.2) is 0 Å². The maximum atomic E-state index is 11.9. The Balaban J connectivity index is 1.49. The van der Waals surface area contributed by atoms with Crippen LogP contribution in [-0.2, 0) is 4.79 Å². The third kappa shape index (κ3) is 1.93. The van der Waals surface area contributed by atoms with Crippen molar-refractivity contribution >= 4 is 29.1 Å². The van der Waals surface area contributed by atoms with Gasteiger partial charge in [0.1, 0.15) is 4.33 Å². The molecule has 0 radical (unpaired) electrons. The molecule has 5 atom stereocenters. The van der Waals surface area contributed by atoms with Crippen molar-refractivity contribution in [1.82, 2.24) is 10.2 Å². The summed E-state index contributed by atoms with van der Waals surface area (Å²) in [6.07, 6.45) is 1.81. The molecule has 5 heteroatoms. The van der Waals surface area contributed by atoms with Crippen LogP contribution >= 0.6 is 23.2 Å². The average molecular weight is 263 g/mol. The van der Waals surface area contributed by atoms with Crippen molar-refractivity contribution in [1.29, 1.82) is 0 Å². The molecule has 3 rings (SSSR count). The van der Waals surface area contributed by atoms with Gasteiger partial charge in [-0.25, -0.2) is 0 Å². The van der Waals surface area contributed by atoms with E-state index in [2.05, 4.69) is 10.2 Å². The van der Waals surface area contributed by atoms with Gasteiger partial charge in [0.2, 0.25) is 5.91 Å². The second kappa shape index (κ2) is 3.50. The number of nitrogens with zero attached hydrogens (tertiary/aromatic N) is 1. The molecule has 0 aromatic heterocycles. The summed E-state index contributed by atoms with van der Waals surface area (Å²) in [5.74, 6) is 0.576. The monoisotopic (exact) mass is 262 g/mol. The van der Waals surface area contributed by atoms with Gasteiger partial charge in [-0.15, -0.1) is 23.2 Å². The van der Waals surface area contributed by atoms with Crippen molar-refractivity contribution in [3.05, 3.63) is 0 Å². The highest BCUT2D eigenvalue weighted by atomic mass is 35.5. The van der Waals surface area contributed by atoms with Gasteiger partial charge in [-0.3, -0.25) is 9.69 Å². The first kappa shape index (κ1) is 11.1. The Bertz CT molecular complexity index is 324. The molecule has 0 spiro atoms. The highest BCUT2D eigenvalue weighted by Gasteiger charge is 2.55. The lowest BCUT2D eigenvalue weighted by Crippen LogP contribution is -2.40. The largest absolute Gasteiger partial charge is 0.353 e. The summed E-state index contributed by atoms with van der Waals surface area (Å²) in [4.78, 5) is 14.3. The first-order chi connectivity index (χ1) is 7.47. The van der Waals surface area contributed by atoms with Gasteiger partial charge in [-0.2, -0.15) is 0 Å². The molecular weight excluding hydrogens is 247 g/mol. The Labute approximate surface area is 105 Å². The summed E-state index contributed by atoms with van der Waals surface area (Å²) in [5, 5.41) is 3.05. The lowest BCUT2D eigenvalue weighted by Gasteiger charge is -2.18. The van der Waals surface area contributed by atoms with Crippen LogP contribution in [0.15, 0.2) is 0 Å². The van der Waals surface area contributed by atoms with Gasteiger partial charge in [-0.05, 0) is 19.8 Å². The van der Waals surface area contributed by atoms with Crippen molar-refractivity contribution in [3.63, 3.8) is 0 Å². The van der Waals surface area contributed by atoms with Gasteiger partial charge >= 0.3 is 0 Å². The molecule has 3 nitrogen and oxygen atoms in total. The predicted molar refractivity (Wildman–Crippen MR) is 63.6 cm³/mol. The molecule has 2 aliphatic heterocycles. The third-order valence-corrected chi connectivity index (χ3v) is 4.93. The number of halogens is 2. The maximum Gasteiger partial charge on any atom is 0.224 e. The summed E-state index contributed by atoms with van der Waals surface area (Å²) >= 11 is 12.0. The van der Waals surface area contributed by atoms with Gasteiger partial charge < -0.3 is 5.32 Å². The molecule has 1 saturated carbocycles. The zero-order chi connectivity index (χ0) is 11.5. The molecule has 0 aromatic rings. The quantitative estimate of drug-likeness (QED) is 0.616. The summed E-state index contributed by atoms with van der Waals surface area (Å²) in [6.45, 7) is 4.11. The molecule has 1 N–H and O–H groups in total. The number of carbonyl (C=O) groups excluding carboxylic acids is 1. The van der Waals surface area contributed by atoms with E-state index >= 15 is 0 Å². The highest BCUT2D eigenvalue weighted by molar-refractivity contribution is 6.50. The lowest BCUT2D eigenvalue weighted by molar-refractivity contribution is -0.125. The maximum absolute atomic E-state index is 11.9. The summed E-state index contributed by atoms with van der Waals surface area (Å²) in [6, 6.07) is 0.779. The minimum Gasteiger partial charge on any atom is -0.353 e. The number of rotatable bonds is 3. The van der Waals surface area contributed by atoms with Crippen LogP contribution in [0, 0.1) is 11.8 Å². The van der Waals surface area contributed by atoms with E-state index in [1.54, 1.807) is 0 Å². The second-order valence-electron chi connectivity index (χ2n) is 5.41. The minimum atomic E-state index is -0.603. The molecule has 90 valence electrons. The molecule has 3 aliphatic rings. The first-order valence-electron chi connectivity index (χ1n) is 5.89. The molecule has 3 unspecified atom stereocenters. The number of hydrogen-bond donors (Lipinski definition) is 1. The average Bonchev–Trinajstić information content (AvgIpc) is 3.04. The standard InChI is InChI=1S/C11H16Cl2N2O/c1-6(9-3-11(9,12)13)14-10(16)7-2-8-5-15(8)4-7/h6-9H,2-5H2,1H3,(H,14,16)/t6-,7?,8?,9-,15?/m0/s1. The van der Waals surface area contributed by atoms with Crippen LogP contribution in [0.25, 0.3) is 0 Å². The van der Waals surface area contributed by atoms with Crippen LogP contribution in [0.3, 0.4) is 0 Å². The zero-order valence-corrected chi connectivity index (χ0v) is 10.8. The summed E-state index contributed by atoms with van der Waals surface area (Å²) < 4.78 is -0.603. The topological polar surface area (TPSA) is 32.1 Å². The summed E-state index contributed by atoms with van der Waals surface area (Å²) in [5.41, 5.74) is 0. The molecule has 2 heterocycles. The van der Waals surface area contributed by atoms with Crippen LogP contribution in [0.4, 0.5) is 0 Å². The van der Waals surface area contributed by atoms with Crippen molar-refractivity contribution in [2.45, 2.75) is 36.2 Å². The fourth-order valence-electron chi connectivity index (χ4n) is 2.77. The number of hydrogen-bond acceptors (Lipinski definition) is 2. The predicted octanol–water partition coefficient (Wildman–Crippen LogP) is 1.39. The molecule has 1 aliphatic carbocycles. The van der Waals surface area contributed by atoms with Crippen LogP contribution < -0.4 is 5.32 Å². The van der Waals surface area contributed by atoms with Crippen molar-refractivity contribution < 1.29 is 4.79 Å². The summed E-state index contributed by atoms with van der Waals surface area (Å²) in [7, 11) is 0. The Hall–Kier alpha value is 0.01000. The Morgan fingerprint density at radius 1 is 1.50 bits per heavy atom. The molecule has 0 bridgehead atoms. The van der Waals surface area contributed by atoms with Crippen molar-refractivity contribution in [2.75, 3.05) is 13.1 Å². The number of alkyl halides is 2. The zero-order valence-electron chi connectivity index (χ0n) is 9.25. The van der Waals surface area contributed by atoms with E-state index in [0.29, 0.717) is 6.04 Å². The Kier molecular flexibility index (Phi) is 2.43. The first-order valence-corrected chi connectivity index (χ1v) is 6.65. The highest BCUT2D eigenvalue weighted by Crippen LogP contribution is 2.54. The lowest BCUT2D eigenvalue weighted by atomic mass is 10.0. The van der Waals surface area contributed by atoms with Crippen LogP contribution in [0.5, 0.6) is 0 Å². The minimum absolute atomic E-state index is 0.0921. The van der Waals surface area contributed by atoms with Gasteiger partial charge in [0.25, 0.3) is 0 Å². The smallest absolute Gasteiger partial charge is 0.224 e. The normalized spacial score (nSPS) is 44.7. The van der Waals surface area contributed by atoms with E-state index in [9.17, 15) is 4.79 Å². The molecule has 2 saturated heterocycles. The number of nitrogens with one attached hydrogen (secondary N) is 1. The van der Waals surface area contributed by atoms with Gasteiger partial charge in [-0.1, -0.05) is 0 Å². The molecule has 3 fully saturated rings. The number of carbonyl (C=O) groups is 1. The Morgan fingerprint density at radius 3 is 2.69 bits per heavy atom. The van der Waals surface area contributed by atoms with Crippen LogP contribution in [-0.4, -0.2) is 40.3 Å². The van der Waals surface area contributed by atoms with E-state index in [0.717, 1.165) is 19.4 Å². The fraction of sp³-hybridized carbons (Fsp3) is 0.909. The number of amides is 1.